The van der Waals surface area contributed by atoms with Crippen LogP contribution in [0, 0.1) is 0 Å². The molecule has 0 fully saturated rings. The molecule has 0 bridgehead atoms. The maximum absolute atomic E-state index is 11.4. The van der Waals surface area contributed by atoms with E-state index in [4.69, 9.17) is 16.3 Å². The smallest absolute Gasteiger partial charge is 0.341 e. The lowest BCUT2D eigenvalue weighted by molar-refractivity contribution is 0.0697. The molecule has 23 heavy (non-hydrogen) atoms. The minimum atomic E-state index is -1.41. The number of nitrogens with zero attached hydrogens (tertiary/aromatic N) is 2. The third-order valence-corrected chi connectivity index (χ3v) is 3.94. The first-order valence-corrected chi connectivity index (χ1v) is 8.36. The van der Waals surface area contributed by atoms with E-state index in [1.165, 1.54) is 13.4 Å². The van der Waals surface area contributed by atoms with Crippen LogP contribution in [0.4, 0.5) is 5.82 Å². The van der Waals surface area contributed by atoms with Crippen LogP contribution in [0.1, 0.15) is 15.9 Å². The van der Waals surface area contributed by atoms with Crippen molar-refractivity contribution < 1.29 is 18.8 Å². The molecular formula is C14H14ClN3O4S. The normalized spacial score (nSPS) is 11.8. The van der Waals surface area contributed by atoms with Crippen LogP contribution in [-0.4, -0.2) is 38.6 Å². The molecule has 2 N–H and O–H groups in total. The topological polar surface area (TPSA) is 101 Å². The van der Waals surface area contributed by atoms with E-state index < -0.39 is 16.8 Å². The molecule has 1 aromatic carbocycles. The summed E-state index contributed by atoms with van der Waals surface area (Å²) in [6.45, 7) is 0.288. The van der Waals surface area contributed by atoms with Crippen molar-refractivity contribution in [2.24, 2.45) is 0 Å². The van der Waals surface area contributed by atoms with Crippen molar-refractivity contribution in [3.05, 3.63) is 40.5 Å². The molecule has 0 aliphatic rings. The lowest BCUT2D eigenvalue weighted by atomic mass is 10.2. The zero-order valence-corrected chi connectivity index (χ0v) is 13.9. The highest BCUT2D eigenvalue weighted by Crippen LogP contribution is 2.25. The van der Waals surface area contributed by atoms with Gasteiger partial charge in [-0.25, -0.2) is 14.8 Å². The van der Waals surface area contributed by atoms with Crippen molar-refractivity contribution in [3.63, 3.8) is 0 Å². The fourth-order valence-electron chi connectivity index (χ4n) is 1.80. The number of halogens is 1. The summed E-state index contributed by atoms with van der Waals surface area (Å²) in [4.78, 5) is 19.0. The average Bonchev–Trinajstić information content (AvgIpc) is 2.52. The summed E-state index contributed by atoms with van der Waals surface area (Å²) in [5.74, 6) is -0.523. The summed E-state index contributed by atoms with van der Waals surface area (Å²) in [6.07, 6.45) is 2.55. The molecule has 9 heteroatoms. The Morgan fingerprint density at radius 2 is 2.22 bits per heavy atom. The van der Waals surface area contributed by atoms with Crippen molar-refractivity contribution in [3.8, 4) is 5.75 Å². The van der Waals surface area contributed by atoms with Gasteiger partial charge in [-0.3, -0.25) is 4.21 Å². The van der Waals surface area contributed by atoms with Crippen LogP contribution in [0.15, 0.2) is 29.6 Å². The SMILES string of the molecule is COc1ccc(CNc2nc(S(C)=O)ncc2C(=O)O)cc1Cl. The van der Waals surface area contributed by atoms with Crippen LogP contribution in [-0.2, 0) is 17.3 Å². The van der Waals surface area contributed by atoms with E-state index in [9.17, 15) is 14.1 Å². The van der Waals surface area contributed by atoms with Gasteiger partial charge in [-0.05, 0) is 17.7 Å². The van der Waals surface area contributed by atoms with Gasteiger partial charge in [0, 0.05) is 19.0 Å². The Hall–Kier alpha value is -2.19. The summed E-state index contributed by atoms with van der Waals surface area (Å²) < 4.78 is 16.5. The number of anilines is 1. The number of benzene rings is 1. The second kappa shape index (κ2) is 7.38. The van der Waals surface area contributed by atoms with Gasteiger partial charge in [0.25, 0.3) is 0 Å². The van der Waals surface area contributed by atoms with E-state index in [2.05, 4.69) is 15.3 Å². The third-order valence-electron chi connectivity index (χ3n) is 2.93. The minimum absolute atomic E-state index is 0.0604. The molecule has 1 heterocycles. The quantitative estimate of drug-likeness (QED) is 0.766. The predicted molar refractivity (Wildman–Crippen MR) is 86.7 cm³/mol. The zero-order valence-electron chi connectivity index (χ0n) is 12.4. The first-order valence-electron chi connectivity index (χ1n) is 6.42. The van der Waals surface area contributed by atoms with E-state index in [1.54, 1.807) is 18.2 Å². The fourth-order valence-corrected chi connectivity index (χ4v) is 2.50. The molecule has 0 aliphatic carbocycles. The first kappa shape index (κ1) is 17.2. The Morgan fingerprint density at radius 3 is 2.78 bits per heavy atom. The van der Waals surface area contributed by atoms with Gasteiger partial charge in [0.15, 0.2) is 0 Å². The molecule has 2 aromatic rings. The van der Waals surface area contributed by atoms with Crippen LogP contribution < -0.4 is 10.1 Å². The zero-order chi connectivity index (χ0) is 17.0. The number of rotatable bonds is 6. The number of methoxy groups -OCH3 is 1. The average molecular weight is 356 g/mol. The lowest BCUT2D eigenvalue weighted by Crippen LogP contribution is -2.11. The maximum atomic E-state index is 11.4. The van der Waals surface area contributed by atoms with Crippen LogP contribution in [0.3, 0.4) is 0 Å². The molecule has 0 amide bonds. The van der Waals surface area contributed by atoms with Gasteiger partial charge in [-0.2, -0.15) is 0 Å². The highest BCUT2D eigenvalue weighted by Gasteiger charge is 2.15. The molecule has 0 aliphatic heterocycles. The third kappa shape index (κ3) is 4.17. The van der Waals surface area contributed by atoms with Crippen LogP contribution in [0.5, 0.6) is 5.75 Å². The summed E-state index contributed by atoms with van der Waals surface area (Å²) in [5.41, 5.74) is 0.712. The van der Waals surface area contributed by atoms with E-state index in [-0.39, 0.29) is 23.1 Å². The number of hydrogen-bond acceptors (Lipinski definition) is 6. The number of carboxylic acids is 1. The van der Waals surface area contributed by atoms with Gasteiger partial charge in [0.1, 0.15) is 17.1 Å². The highest BCUT2D eigenvalue weighted by atomic mass is 35.5. The van der Waals surface area contributed by atoms with Crippen LogP contribution in [0.2, 0.25) is 5.02 Å². The molecule has 1 aromatic heterocycles. The molecule has 0 saturated carbocycles. The van der Waals surface area contributed by atoms with Gasteiger partial charge in [0.2, 0.25) is 5.16 Å². The van der Waals surface area contributed by atoms with Crippen LogP contribution >= 0.6 is 11.6 Å². The number of nitrogens with one attached hydrogen (secondary N) is 1. The Balaban J connectivity index is 2.25. The summed E-state index contributed by atoms with van der Waals surface area (Å²) in [6, 6.07) is 5.20. The predicted octanol–water partition coefficient (Wildman–Crippen LogP) is 2.19. The van der Waals surface area contributed by atoms with Gasteiger partial charge in [-0.1, -0.05) is 17.7 Å². The minimum Gasteiger partial charge on any atom is -0.495 e. The van der Waals surface area contributed by atoms with Gasteiger partial charge < -0.3 is 15.2 Å². The Bertz CT molecular complexity index is 770. The summed E-state index contributed by atoms with van der Waals surface area (Å²) in [5, 5.41) is 12.6. The molecule has 1 unspecified atom stereocenters. The molecule has 2 rings (SSSR count). The van der Waals surface area contributed by atoms with E-state index in [0.29, 0.717) is 10.8 Å². The molecule has 122 valence electrons. The second-order valence-electron chi connectivity index (χ2n) is 4.50. The number of carboxylic acid groups (broad SMARTS) is 1. The van der Waals surface area contributed by atoms with Crippen molar-refractivity contribution in [1.29, 1.82) is 0 Å². The Kier molecular flexibility index (Phi) is 5.51. The summed E-state index contributed by atoms with van der Waals surface area (Å²) >= 11 is 6.05. The molecular weight excluding hydrogens is 342 g/mol. The summed E-state index contributed by atoms with van der Waals surface area (Å²) in [7, 11) is 0.110. The van der Waals surface area contributed by atoms with Gasteiger partial charge >= 0.3 is 5.97 Å². The van der Waals surface area contributed by atoms with Crippen molar-refractivity contribution in [2.75, 3.05) is 18.7 Å². The highest BCUT2D eigenvalue weighted by molar-refractivity contribution is 7.84. The fraction of sp³-hybridized carbons (Fsp3) is 0.214. The maximum Gasteiger partial charge on any atom is 0.341 e. The number of aromatic nitrogens is 2. The Labute approximate surface area is 140 Å². The van der Waals surface area contributed by atoms with Crippen molar-refractivity contribution in [1.82, 2.24) is 9.97 Å². The molecule has 7 nitrogen and oxygen atoms in total. The van der Waals surface area contributed by atoms with E-state index in [0.717, 1.165) is 11.8 Å². The first-order chi connectivity index (χ1) is 10.9. The monoisotopic (exact) mass is 355 g/mol. The van der Waals surface area contributed by atoms with Crippen molar-refractivity contribution in [2.45, 2.75) is 11.7 Å². The Morgan fingerprint density at radius 1 is 1.48 bits per heavy atom. The molecule has 0 spiro atoms. The van der Waals surface area contributed by atoms with Crippen molar-refractivity contribution >= 4 is 34.2 Å². The van der Waals surface area contributed by atoms with E-state index in [1.807, 2.05) is 0 Å². The van der Waals surface area contributed by atoms with Gasteiger partial charge in [0.05, 0.1) is 22.9 Å². The molecule has 1 atom stereocenters. The number of aromatic carboxylic acids is 1. The number of hydrogen-bond donors (Lipinski definition) is 2. The number of carbonyl (C=O) groups is 1. The molecule has 0 radical (unpaired) electrons. The van der Waals surface area contributed by atoms with Gasteiger partial charge in [-0.15, -0.1) is 0 Å². The largest absolute Gasteiger partial charge is 0.495 e. The molecule has 0 saturated heterocycles. The lowest BCUT2D eigenvalue weighted by Gasteiger charge is -2.10. The number of ether oxygens (including phenoxy) is 1. The standard InChI is InChI=1S/C14H14ClN3O4S/c1-22-11-4-3-8(5-10(11)15)6-16-12-9(13(19)20)7-17-14(18-12)23(2)21/h3-5,7H,6H2,1-2H3,(H,19,20)(H,16,17,18). The van der Waals surface area contributed by atoms with Crippen LogP contribution in [0.25, 0.3) is 0 Å². The van der Waals surface area contributed by atoms with E-state index >= 15 is 0 Å². The second-order valence-corrected chi connectivity index (χ2v) is 6.18.